The second-order valence-corrected chi connectivity index (χ2v) is 8.14. The summed E-state index contributed by atoms with van der Waals surface area (Å²) in [5, 5.41) is 0. The fourth-order valence-electron chi connectivity index (χ4n) is 2.64. The van der Waals surface area contributed by atoms with Gasteiger partial charge in [0.1, 0.15) is 0 Å². The van der Waals surface area contributed by atoms with Crippen LogP contribution in [0.1, 0.15) is 19.8 Å². The van der Waals surface area contributed by atoms with Crippen molar-refractivity contribution in [2.24, 2.45) is 0 Å². The van der Waals surface area contributed by atoms with Crippen molar-refractivity contribution < 1.29 is 22.7 Å². The molecule has 1 aromatic rings. The van der Waals surface area contributed by atoms with Gasteiger partial charge in [0, 0.05) is 33.2 Å². The molecule has 0 spiro atoms. The summed E-state index contributed by atoms with van der Waals surface area (Å²) in [4.78, 5) is 14.1. The van der Waals surface area contributed by atoms with E-state index in [1.165, 1.54) is 14.1 Å². The van der Waals surface area contributed by atoms with Gasteiger partial charge in [-0.1, -0.05) is 12.1 Å². The molecule has 1 saturated heterocycles. The van der Waals surface area contributed by atoms with Crippen LogP contribution >= 0.6 is 0 Å². The van der Waals surface area contributed by atoms with E-state index in [1.807, 2.05) is 19.1 Å². The minimum absolute atomic E-state index is 0.0713. The first kappa shape index (κ1) is 20.5. The largest absolute Gasteiger partial charge is 0.490 e. The van der Waals surface area contributed by atoms with Crippen molar-refractivity contribution in [1.29, 1.82) is 0 Å². The fraction of sp³-hybridized carbons (Fsp3) is 0.588. The Morgan fingerprint density at radius 1 is 1.19 bits per heavy atom. The first-order valence-corrected chi connectivity index (χ1v) is 10.1. The zero-order valence-electron chi connectivity index (χ0n) is 15.5. The zero-order chi connectivity index (χ0) is 19.2. The number of likely N-dealkylation sites (tertiary alicyclic amines) is 1. The van der Waals surface area contributed by atoms with Crippen molar-refractivity contribution in [3.8, 4) is 11.5 Å². The number of para-hydroxylation sites is 2. The molecule has 0 bridgehead atoms. The van der Waals surface area contributed by atoms with E-state index in [1.54, 1.807) is 17.0 Å². The first-order valence-electron chi connectivity index (χ1n) is 8.65. The lowest BCUT2D eigenvalue weighted by Gasteiger charge is -2.32. The van der Waals surface area contributed by atoms with Gasteiger partial charge < -0.3 is 14.4 Å². The topological polar surface area (TPSA) is 88.2 Å². The van der Waals surface area contributed by atoms with Crippen LogP contribution in [0.3, 0.4) is 0 Å². The highest BCUT2D eigenvalue weighted by molar-refractivity contribution is 7.87. The van der Waals surface area contributed by atoms with Gasteiger partial charge in [0.2, 0.25) is 0 Å². The average molecular weight is 385 g/mol. The Morgan fingerprint density at radius 3 is 2.31 bits per heavy atom. The quantitative estimate of drug-likeness (QED) is 0.717. The summed E-state index contributed by atoms with van der Waals surface area (Å²) < 4.78 is 38.6. The van der Waals surface area contributed by atoms with Gasteiger partial charge in [-0.2, -0.15) is 17.4 Å². The maximum atomic E-state index is 12.4. The number of piperidine rings is 1. The van der Waals surface area contributed by atoms with Crippen LogP contribution in [0.25, 0.3) is 0 Å². The van der Waals surface area contributed by atoms with Crippen molar-refractivity contribution in [1.82, 2.24) is 13.9 Å². The SMILES string of the molecule is CCOc1ccccc1OCC(=O)N1CCC(NS(=O)(=O)N(C)C)CC1. The van der Waals surface area contributed by atoms with E-state index < -0.39 is 10.2 Å². The summed E-state index contributed by atoms with van der Waals surface area (Å²) in [7, 11) is -0.482. The van der Waals surface area contributed by atoms with Crippen LogP contribution in [0.5, 0.6) is 11.5 Å². The van der Waals surface area contributed by atoms with Gasteiger partial charge in [-0.25, -0.2) is 0 Å². The van der Waals surface area contributed by atoms with Crippen molar-refractivity contribution in [2.75, 3.05) is 40.4 Å². The number of rotatable bonds is 8. The molecule has 1 aromatic carbocycles. The molecule has 0 saturated carbocycles. The second kappa shape index (κ2) is 9.20. The smallest absolute Gasteiger partial charge is 0.279 e. The summed E-state index contributed by atoms with van der Waals surface area (Å²) >= 11 is 0. The molecule has 1 amide bonds. The Labute approximate surface area is 155 Å². The van der Waals surface area contributed by atoms with Gasteiger partial charge in [0.25, 0.3) is 16.1 Å². The summed E-state index contributed by atoms with van der Waals surface area (Å²) in [6.07, 6.45) is 1.16. The molecular formula is C17H27N3O5S. The van der Waals surface area contributed by atoms with Gasteiger partial charge in [-0.3, -0.25) is 4.79 Å². The molecule has 1 aliphatic heterocycles. The van der Waals surface area contributed by atoms with Crippen molar-refractivity contribution >= 4 is 16.1 Å². The lowest BCUT2D eigenvalue weighted by molar-refractivity contribution is -0.134. The molecule has 0 unspecified atom stereocenters. The lowest BCUT2D eigenvalue weighted by atomic mass is 10.1. The van der Waals surface area contributed by atoms with E-state index in [0.29, 0.717) is 44.0 Å². The van der Waals surface area contributed by atoms with Crippen LogP contribution in [-0.2, 0) is 15.0 Å². The number of hydrogen-bond acceptors (Lipinski definition) is 5. The molecule has 26 heavy (non-hydrogen) atoms. The van der Waals surface area contributed by atoms with Gasteiger partial charge in [-0.05, 0) is 31.9 Å². The molecule has 1 N–H and O–H groups in total. The first-order chi connectivity index (χ1) is 12.3. The number of amides is 1. The molecule has 146 valence electrons. The summed E-state index contributed by atoms with van der Waals surface area (Å²) in [5.41, 5.74) is 0. The molecule has 1 aliphatic rings. The monoisotopic (exact) mass is 385 g/mol. The second-order valence-electron chi connectivity index (χ2n) is 6.23. The van der Waals surface area contributed by atoms with Gasteiger partial charge in [0.05, 0.1) is 6.61 Å². The lowest BCUT2D eigenvalue weighted by Crippen LogP contribution is -2.49. The minimum atomic E-state index is -3.45. The van der Waals surface area contributed by atoms with Gasteiger partial charge in [0.15, 0.2) is 18.1 Å². The van der Waals surface area contributed by atoms with Crippen molar-refractivity contribution in [3.05, 3.63) is 24.3 Å². The van der Waals surface area contributed by atoms with Crippen LogP contribution in [-0.4, -0.2) is 70.0 Å². The minimum Gasteiger partial charge on any atom is -0.490 e. The number of nitrogens with zero attached hydrogens (tertiary/aromatic N) is 2. The molecular weight excluding hydrogens is 358 g/mol. The predicted molar refractivity (Wildman–Crippen MR) is 98.5 cm³/mol. The normalized spacial score (nSPS) is 15.9. The van der Waals surface area contributed by atoms with Crippen LogP contribution in [0.4, 0.5) is 0 Å². The van der Waals surface area contributed by atoms with Crippen LogP contribution in [0, 0.1) is 0 Å². The van der Waals surface area contributed by atoms with E-state index in [0.717, 1.165) is 4.31 Å². The van der Waals surface area contributed by atoms with E-state index >= 15 is 0 Å². The number of carbonyl (C=O) groups is 1. The molecule has 0 aliphatic carbocycles. The third kappa shape index (κ3) is 5.58. The number of hydrogen-bond donors (Lipinski definition) is 1. The molecule has 1 heterocycles. The number of carbonyl (C=O) groups excluding carboxylic acids is 1. The number of benzene rings is 1. The summed E-state index contributed by atoms with van der Waals surface area (Å²) in [6.45, 7) is 3.32. The molecule has 0 aromatic heterocycles. The Bertz CT molecular complexity index is 700. The van der Waals surface area contributed by atoms with E-state index in [4.69, 9.17) is 9.47 Å². The van der Waals surface area contributed by atoms with Crippen LogP contribution in [0.15, 0.2) is 24.3 Å². The fourth-order valence-corrected chi connectivity index (χ4v) is 3.51. The molecule has 0 atom stereocenters. The predicted octanol–water partition coefficient (Wildman–Crippen LogP) is 0.851. The Morgan fingerprint density at radius 2 is 1.77 bits per heavy atom. The van der Waals surface area contributed by atoms with Gasteiger partial charge in [-0.15, -0.1) is 0 Å². The molecule has 1 fully saturated rings. The Hall–Kier alpha value is -1.84. The molecule has 9 heteroatoms. The zero-order valence-corrected chi connectivity index (χ0v) is 16.3. The maximum absolute atomic E-state index is 12.4. The summed E-state index contributed by atoms with van der Waals surface area (Å²) in [6, 6.07) is 7.07. The van der Waals surface area contributed by atoms with Crippen molar-refractivity contribution in [3.63, 3.8) is 0 Å². The maximum Gasteiger partial charge on any atom is 0.279 e. The van der Waals surface area contributed by atoms with Gasteiger partial charge >= 0.3 is 0 Å². The van der Waals surface area contributed by atoms with E-state index in [9.17, 15) is 13.2 Å². The van der Waals surface area contributed by atoms with Crippen LogP contribution < -0.4 is 14.2 Å². The highest BCUT2D eigenvalue weighted by Gasteiger charge is 2.27. The third-order valence-corrected chi connectivity index (χ3v) is 5.74. The number of ether oxygens (including phenoxy) is 2. The third-order valence-electron chi connectivity index (χ3n) is 4.14. The van der Waals surface area contributed by atoms with E-state index in [-0.39, 0.29) is 18.6 Å². The average Bonchev–Trinajstić information content (AvgIpc) is 2.61. The highest BCUT2D eigenvalue weighted by atomic mass is 32.2. The molecule has 8 nitrogen and oxygen atoms in total. The van der Waals surface area contributed by atoms with Crippen LogP contribution in [0.2, 0.25) is 0 Å². The standard InChI is InChI=1S/C17H27N3O5S/c1-4-24-15-7-5-6-8-16(15)25-13-17(21)20-11-9-14(10-12-20)18-26(22,23)19(2)3/h5-8,14,18H,4,9-13H2,1-3H3. The highest BCUT2D eigenvalue weighted by Crippen LogP contribution is 2.26. The van der Waals surface area contributed by atoms with Crippen molar-refractivity contribution in [2.45, 2.75) is 25.8 Å². The molecule has 2 rings (SSSR count). The van der Waals surface area contributed by atoms with E-state index in [2.05, 4.69) is 4.72 Å². The summed E-state index contributed by atoms with van der Waals surface area (Å²) in [5.74, 6) is 1.03. The Kier molecular flexibility index (Phi) is 7.24. The molecule has 0 radical (unpaired) electrons. The Balaban J connectivity index is 1.82. The number of nitrogens with one attached hydrogen (secondary N) is 1.